The minimum atomic E-state index is -2.30. The fourth-order valence-electron chi connectivity index (χ4n) is 3.68. The van der Waals surface area contributed by atoms with Crippen molar-refractivity contribution in [3.63, 3.8) is 0 Å². The zero-order valence-electron chi connectivity index (χ0n) is 13.6. The van der Waals surface area contributed by atoms with Crippen molar-refractivity contribution in [2.75, 3.05) is 18.0 Å². The van der Waals surface area contributed by atoms with Crippen LogP contribution in [0.25, 0.3) is 0 Å². The van der Waals surface area contributed by atoms with Gasteiger partial charge in [-0.2, -0.15) is 10.5 Å². The highest BCUT2D eigenvalue weighted by molar-refractivity contribution is 5.65. The average Bonchev–Trinajstić information content (AvgIpc) is 2.49. The van der Waals surface area contributed by atoms with Crippen LogP contribution in [0.5, 0.6) is 0 Å². The van der Waals surface area contributed by atoms with Gasteiger partial charge >= 0.3 is 0 Å². The molecule has 1 aliphatic heterocycles. The summed E-state index contributed by atoms with van der Waals surface area (Å²) in [4.78, 5) is 6.56. The normalized spacial score (nSPS) is 18.1. The number of halogens is 2. The van der Waals surface area contributed by atoms with Gasteiger partial charge < -0.3 is 4.90 Å². The molecule has 1 saturated heterocycles. The van der Waals surface area contributed by atoms with Crippen molar-refractivity contribution in [3.05, 3.63) is 22.4 Å². The molecule has 1 aromatic heterocycles. The maximum atomic E-state index is 12.5. The molecule has 0 atom stereocenters. The van der Waals surface area contributed by atoms with Gasteiger partial charge in [-0.1, -0.05) is 12.8 Å². The molecule has 2 aliphatic rings. The lowest BCUT2D eigenvalue weighted by atomic mass is 9.90. The lowest BCUT2D eigenvalue weighted by Gasteiger charge is -2.41. The summed E-state index contributed by atoms with van der Waals surface area (Å²) in [5.74, 6) is 0.449. The Hall–Kier alpha value is -2.21. The molecular formula is C18H20F2N4. The molecule has 0 bridgehead atoms. The predicted octanol–water partition coefficient (Wildman–Crippen LogP) is 3.58. The fourth-order valence-corrected chi connectivity index (χ4v) is 3.68. The number of rotatable bonds is 3. The molecule has 24 heavy (non-hydrogen) atoms. The minimum Gasteiger partial charge on any atom is -0.355 e. The molecule has 1 aliphatic carbocycles. The molecule has 0 N–H and O–H groups in total. The minimum absolute atomic E-state index is 0.0640. The Morgan fingerprint density at radius 2 is 1.71 bits per heavy atom. The molecule has 0 saturated carbocycles. The van der Waals surface area contributed by atoms with Crippen LogP contribution in [0.1, 0.15) is 54.5 Å². The molecule has 3 rings (SSSR count). The van der Waals surface area contributed by atoms with Gasteiger partial charge in [-0.15, -0.1) is 0 Å². The van der Waals surface area contributed by atoms with E-state index in [2.05, 4.69) is 12.1 Å². The van der Waals surface area contributed by atoms with E-state index in [1.165, 1.54) is 0 Å². The fraction of sp³-hybridized carbons (Fsp3) is 0.611. The summed E-state index contributed by atoms with van der Waals surface area (Å²) in [6.07, 6.45) is 3.51. The molecule has 126 valence electrons. The summed E-state index contributed by atoms with van der Waals surface area (Å²) in [7, 11) is 0. The third-order valence-corrected chi connectivity index (χ3v) is 4.95. The smallest absolute Gasteiger partial charge is 0.239 e. The topological polar surface area (TPSA) is 63.7 Å². The van der Waals surface area contributed by atoms with E-state index in [1.54, 1.807) is 0 Å². The van der Waals surface area contributed by atoms with E-state index >= 15 is 0 Å². The number of fused-ring (bicyclic) bond motifs is 1. The van der Waals surface area contributed by atoms with Gasteiger partial charge in [-0.3, -0.25) is 0 Å². The first-order valence-electron chi connectivity index (χ1n) is 8.53. The summed E-state index contributed by atoms with van der Waals surface area (Å²) in [5.41, 5.74) is 2.59. The van der Waals surface area contributed by atoms with E-state index in [1.807, 2.05) is 4.90 Å². The van der Waals surface area contributed by atoms with E-state index in [0.717, 1.165) is 49.8 Å². The number of pyridine rings is 1. The van der Waals surface area contributed by atoms with Gasteiger partial charge in [0.05, 0.1) is 5.56 Å². The van der Waals surface area contributed by atoms with Gasteiger partial charge in [0.15, 0.2) is 0 Å². The SMILES string of the molecule is N#Cc1c(N2CC(CC(F)F)C2)nc2c(c1C#N)CCCCCC2. The number of anilines is 1. The summed E-state index contributed by atoms with van der Waals surface area (Å²) in [6.45, 7) is 0.964. The average molecular weight is 330 g/mol. The summed E-state index contributed by atoms with van der Waals surface area (Å²) >= 11 is 0. The van der Waals surface area contributed by atoms with Crippen molar-refractivity contribution < 1.29 is 8.78 Å². The van der Waals surface area contributed by atoms with Crippen LogP contribution in [0.2, 0.25) is 0 Å². The second-order valence-corrected chi connectivity index (χ2v) is 6.65. The molecule has 0 aromatic carbocycles. The Balaban J connectivity index is 1.94. The molecule has 4 nitrogen and oxygen atoms in total. The Labute approximate surface area is 140 Å². The Morgan fingerprint density at radius 1 is 1.04 bits per heavy atom. The van der Waals surface area contributed by atoms with E-state index in [-0.39, 0.29) is 12.3 Å². The standard InChI is InChI=1S/C18H20F2N4/c19-17(20)7-12-10-24(11-12)18-15(9-22)14(8-21)13-5-3-1-2-4-6-16(13)23-18/h12,17H,1-7,10-11H2. The lowest BCUT2D eigenvalue weighted by molar-refractivity contribution is 0.107. The molecular weight excluding hydrogens is 310 g/mol. The van der Waals surface area contributed by atoms with Gasteiger partial charge in [0, 0.05) is 25.2 Å². The summed E-state index contributed by atoms with van der Waals surface area (Å²) < 4.78 is 25.0. The predicted molar refractivity (Wildman–Crippen MR) is 85.9 cm³/mol. The second-order valence-electron chi connectivity index (χ2n) is 6.65. The van der Waals surface area contributed by atoms with Crippen molar-refractivity contribution in [2.45, 2.75) is 51.4 Å². The van der Waals surface area contributed by atoms with Crippen LogP contribution in [0.15, 0.2) is 0 Å². The third kappa shape index (κ3) is 3.19. The Kier molecular flexibility index (Phi) is 4.94. The Bertz CT molecular complexity index is 696. The van der Waals surface area contributed by atoms with Gasteiger partial charge in [0.25, 0.3) is 0 Å². The molecule has 0 radical (unpaired) electrons. The molecule has 1 aromatic rings. The number of nitrogens with zero attached hydrogens (tertiary/aromatic N) is 4. The van der Waals surface area contributed by atoms with Gasteiger partial charge in [0.1, 0.15) is 23.5 Å². The van der Waals surface area contributed by atoms with Crippen molar-refractivity contribution in [2.24, 2.45) is 5.92 Å². The zero-order chi connectivity index (χ0) is 17.1. The number of aryl methyl sites for hydroxylation is 1. The number of hydrogen-bond acceptors (Lipinski definition) is 4. The van der Waals surface area contributed by atoms with E-state index in [9.17, 15) is 19.3 Å². The second kappa shape index (κ2) is 7.13. The quantitative estimate of drug-likeness (QED) is 0.850. The maximum absolute atomic E-state index is 12.5. The maximum Gasteiger partial charge on any atom is 0.239 e. The lowest BCUT2D eigenvalue weighted by Crippen LogP contribution is -2.48. The monoisotopic (exact) mass is 330 g/mol. The summed E-state index contributed by atoms with van der Waals surface area (Å²) in [5, 5.41) is 19.1. The van der Waals surface area contributed by atoms with Crippen molar-refractivity contribution >= 4 is 5.82 Å². The number of nitriles is 2. The van der Waals surface area contributed by atoms with E-state index in [0.29, 0.717) is 30.0 Å². The van der Waals surface area contributed by atoms with E-state index in [4.69, 9.17) is 4.98 Å². The summed E-state index contributed by atoms with van der Waals surface area (Å²) in [6, 6.07) is 4.33. The van der Waals surface area contributed by atoms with Crippen LogP contribution < -0.4 is 4.90 Å². The van der Waals surface area contributed by atoms with Gasteiger partial charge in [-0.25, -0.2) is 13.8 Å². The zero-order valence-corrected chi connectivity index (χ0v) is 13.6. The molecule has 0 amide bonds. The molecule has 6 heteroatoms. The van der Waals surface area contributed by atoms with Crippen LogP contribution in [0.4, 0.5) is 14.6 Å². The van der Waals surface area contributed by atoms with Crippen LogP contribution >= 0.6 is 0 Å². The van der Waals surface area contributed by atoms with Crippen LogP contribution in [-0.4, -0.2) is 24.5 Å². The molecule has 0 spiro atoms. The highest BCUT2D eigenvalue weighted by Gasteiger charge is 2.33. The first kappa shape index (κ1) is 16.6. The highest BCUT2D eigenvalue weighted by Crippen LogP contribution is 2.34. The van der Waals surface area contributed by atoms with Gasteiger partial charge in [0.2, 0.25) is 6.43 Å². The number of aromatic nitrogens is 1. The number of hydrogen-bond donors (Lipinski definition) is 0. The van der Waals surface area contributed by atoms with E-state index < -0.39 is 6.43 Å². The third-order valence-electron chi connectivity index (χ3n) is 4.95. The largest absolute Gasteiger partial charge is 0.355 e. The van der Waals surface area contributed by atoms with Crippen molar-refractivity contribution in [3.8, 4) is 12.1 Å². The first-order chi connectivity index (χ1) is 11.6. The highest BCUT2D eigenvalue weighted by atomic mass is 19.3. The molecule has 1 fully saturated rings. The Morgan fingerprint density at radius 3 is 2.33 bits per heavy atom. The molecule has 0 unspecified atom stereocenters. The molecule has 2 heterocycles. The van der Waals surface area contributed by atoms with Gasteiger partial charge in [-0.05, 0) is 37.2 Å². The number of alkyl halides is 2. The van der Waals surface area contributed by atoms with Crippen molar-refractivity contribution in [1.29, 1.82) is 10.5 Å². The van der Waals surface area contributed by atoms with Crippen LogP contribution in [0, 0.1) is 28.6 Å². The first-order valence-corrected chi connectivity index (χ1v) is 8.53. The van der Waals surface area contributed by atoms with Crippen molar-refractivity contribution in [1.82, 2.24) is 4.98 Å². The van der Waals surface area contributed by atoms with Crippen LogP contribution in [-0.2, 0) is 12.8 Å². The van der Waals surface area contributed by atoms with Crippen LogP contribution in [0.3, 0.4) is 0 Å².